The number of hydrogen-bond acceptors (Lipinski definition) is 4. The molecule has 0 saturated carbocycles. The summed E-state index contributed by atoms with van der Waals surface area (Å²) in [5.74, 6) is -0.765. The van der Waals surface area contributed by atoms with Gasteiger partial charge in [-0.15, -0.1) is 0 Å². The quantitative estimate of drug-likeness (QED) is 0.530. The Balaban J connectivity index is 2.50. The Morgan fingerprint density at radius 1 is 1.30 bits per heavy atom. The van der Waals surface area contributed by atoms with Gasteiger partial charge in [-0.05, 0) is 30.7 Å². The average Bonchev–Trinajstić information content (AvgIpc) is 2.38. The molecule has 3 aromatic rings. The second kappa shape index (κ2) is 4.31. The highest BCUT2D eigenvalue weighted by Crippen LogP contribution is 2.31. The maximum absolute atomic E-state index is 11.0. The summed E-state index contributed by atoms with van der Waals surface area (Å²) < 4.78 is 0. The highest BCUT2D eigenvalue weighted by atomic mass is 35.5. The Morgan fingerprint density at radius 2 is 2.05 bits per heavy atom. The fourth-order valence-electron chi connectivity index (χ4n) is 2.31. The molecule has 6 heteroatoms. The number of aryl methyl sites for hydroxylation is 1. The van der Waals surface area contributed by atoms with E-state index in [1.54, 1.807) is 12.1 Å². The summed E-state index contributed by atoms with van der Waals surface area (Å²) >= 11 is 5.94. The molecule has 1 aromatic carbocycles. The first kappa shape index (κ1) is 12.6. The van der Waals surface area contributed by atoms with E-state index < -0.39 is 5.97 Å². The summed E-state index contributed by atoms with van der Waals surface area (Å²) in [7, 11) is 0. The number of nitrogens with zero attached hydrogens (tertiary/aromatic N) is 2. The van der Waals surface area contributed by atoms with Crippen LogP contribution in [0.15, 0.2) is 24.3 Å². The third-order valence-electron chi connectivity index (χ3n) is 3.18. The van der Waals surface area contributed by atoms with Gasteiger partial charge < -0.3 is 10.8 Å². The number of halogens is 1. The summed E-state index contributed by atoms with van der Waals surface area (Å²) in [6.07, 6.45) is 0. The normalized spacial score (nSPS) is 11.1. The summed E-state index contributed by atoms with van der Waals surface area (Å²) in [4.78, 5) is 19.4. The molecule has 0 aliphatic rings. The van der Waals surface area contributed by atoms with Crippen LogP contribution in [0.2, 0.25) is 5.15 Å². The van der Waals surface area contributed by atoms with Crippen molar-refractivity contribution in [2.24, 2.45) is 0 Å². The lowest BCUT2D eigenvalue weighted by molar-refractivity contribution is 0.0697. The largest absolute Gasteiger partial charge is 0.478 e. The van der Waals surface area contributed by atoms with Crippen LogP contribution in [-0.2, 0) is 0 Å². The summed E-state index contributed by atoms with van der Waals surface area (Å²) in [5, 5.41) is 11.0. The maximum atomic E-state index is 11.0. The van der Waals surface area contributed by atoms with Crippen LogP contribution >= 0.6 is 11.6 Å². The van der Waals surface area contributed by atoms with Crippen molar-refractivity contribution in [1.82, 2.24) is 9.97 Å². The number of rotatable bonds is 1. The number of pyridine rings is 2. The van der Waals surface area contributed by atoms with Gasteiger partial charge in [0.25, 0.3) is 0 Å². The van der Waals surface area contributed by atoms with Gasteiger partial charge in [0.2, 0.25) is 0 Å². The number of carboxylic acid groups (broad SMARTS) is 1. The number of fused-ring (bicyclic) bond motifs is 3. The van der Waals surface area contributed by atoms with Crippen molar-refractivity contribution in [3.8, 4) is 0 Å². The van der Waals surface area contributed by atoms with Crippen molar-refractivity contribution in [2.45, 2.75) is 6.92 Å². The predicted molar refractivity (Wildman–Crippen MR) is 78.2 cm³/mol. The molecule has 0 atom stereocenters. The van der Waals surface area contributed by atoms with Crippen molar-refractivity contribution < 1.29 is 9.90 Å². The van der Waals surface area contributed by atoms with Crippen molar-refractivity contribution in [3.05, 3.63) is 40.5 Å². The van der Waals surface area contributed by atoms with Gasteiger partial charge in [0, 0.05) is 10.8 Å². The second-order valence-electron chi connectivity index (χ2n) is 4.52. The van der Waals surface area contributed by atoms with E-state index in [-0.39, 0.29) is 11.4 Å². The molecule has 3 rings (SSSR count). The molecule has 20 heavy (non-hydrogen) atoms. The highest BCUT2D eigenvalue weighted by molar-refractivity contribution is 6.30. The minimum atomic E-state index is -1.00. The van der Waals surface area contributed by atoms with Crippen LogP contribution < -0.4 is 5.73 Å². The monoisotopic (exact) mass is 287 g/mol. The Hall–Kier alpha value is -2.40. The third kappa shape index (κ3) is 1.83. The zero-order valence-corrected chi connectivity index (χ0v) is 11.3. The molecule has 0 amide bonds. The first-order valence-corrected chi connectivity index (χ1v) is 6.24. The van der Waals surface area contributed by atoms with E-state index in [1.165, 1.54) is 12.1 Å². The zero-order chi connectivity index (χ0) is 14.4. The standard InChI is InChI=1S/C14H10ClN3O2/c1-6-4-10(15)18-12-11(6)8-3-2-7(14(19)20)5-9(8)17-13(12)16/h2-5H,1H3,(H2,16,17)(H,19,20). The Labute approximate surface area is 119 Å². The van der Waals surface area contributed by atoms with Gasteiger partial charge >= 0.3 is 5.97 Å². The van der Waals surface area contributed by atoms with Crippen LogP contribution in [0, 0.1) is 6.92 Å². The number of nitrogens with two attached hydrogens (primary N) is 1. The lowest BCUT2D eigenvalue weighted by atomic mass is 10.0. The molecule has 5 nitrogen and oxygen atoms in total. The van der Waals surface area contributed by atoms with Crippen LogP contribution in [0.5, 0.6) is 0 Å². The molecule has 0 fully saturated rings. The second-order valence-corrected chi connectivity index (χ2v) is 4.91. The zero-order valence-electron chi connectivity index (χ0n) is 10.5. The summed E-state index contributed by atoms with van der Waals surface area (Å²) in [5.41, 5.74) is 8.06. The van der Waals surface area contributed by atoms with Gasteiger partial charge in [0.1, 0.15) is 10.7 Å². The van der Waals surface area contributed by atoms with Crippen molar-refractivity contribution >= 4 is 45.2 Å². The minimum absolute atomic E-state index is 0.170. The number of anilines is 1. The molecule has 0 bridgehead atoms. The van der Waals surface area contributed by atoms with Crippen LogP contribution in [0.25, 0.3) is 21.8 Å². The number of carbonyl (C=O) groups is 1. The molecule has 2 heterocycles. The number of hydrogen-bond donors (Lipinski definition) is 2. The minimum Gasteiger partial charge on any atom is -0.478 e. The van der Waals surface area contributed by atoms with Crippen molar-refractivity contribution in [2.75, 3.05) is 5.73 Å². The Kier molecular flexibility index (Phi) is 2.72. The van der Waals surface area contributed by atoms with E-state index in [2.05, 4.69) is 9.97 Å². The molecule has 0 radical (unpaired) electrons. The molecule has 0 saturated heterocycles. The molecular formula is C14H10ClN3O2. The fraction of sp³-hybridized carbons (Fsp3) is 0.0714. The van der Waals surface area contributed by atoms with Gasteiger partial charge in [0.15, 0.2) is 5.82 Å². The number of carboxylic acids is 1. The van der Waals surface area contributed by atoms with E-state index in [4.69, 9.17) is 22.4 Å². The topological polar surface area (TPSA) is 89.1 Å². The van der Waals surface area contributed by atoms with Crippen LogP contribution in [0.4, 0.5) is 5.82 Å². The average molecular weight is 288 g/mol. The number of nitrogen functional groups attached to an aromatic ring is 1. The van der Waals surface area contributed by atoms with Gasteiger partial charge in [-0.25, -0.2) is 14.8 Å². The fourth-order valence-corrected chi connectivity index (χ4v) is 2.56. The molecule has 0 aliphatic carbocycles. The van der Waals surface area contributed by atoms with Gasteiger partial charge in [-0.3, -0.25) is 0 Å². The van der Waals surface area contributed by atoms with Gasteiger partial charge in [-0.2, -0.15) is 0 Å². The van der Waals surface area contributed by atoms with Gasteiger partial charge in [0.05, 0.1) is 11.1 Å². The number of aromatic nitrogens is 2. The Bertz CT molecular complexity index is 877. The van der Waals surface area contributed by atoms with Crippen molar-refractivity contribution in [3.63, 3.8) is 0 Å². The lowest BCUT2D eigenvalue weighted by Crippen LogP contribution is -2.00. The molecule has 100 valence electrons. The number of aromatic carboxylic acids is 1. The SMILES string of the molecule is Cc1cc(Cl)nc2c(N)nc3cc(C(=O)O)ccc3c12. The molecule has 0 spiro atoms. The molecular weight excluding hydrogens is 278 g/mol. The number of benzene rings is 1. The molecule has 0 aliphatic heterocycles. The van der Waals surface area contributed by atoms with Crippen LogP contribution in [0.1, 0.15) is 15.9 Å². The first-order chi connectivity index (χ1) is 9.47. The smallest absolute Gasteiger partial charge is 0.335 e. The maximum Gasteiger partial charge on any atom is 0.335 e. The highest BCUT2D eigenvalue weighted by Gasteiger charge is 2.13. The van der Waals surface area contributed by atoms with E-state index in [9.17, 15) is 4.79 Å². The van der Waals surface area contributed by atoms with E-state index in [0.717, 1.165) is 16.3 Å². The van der Waals surface area contributed by atoms with Crippen molar-refractivity contribution in [1.29, 1.82) is 0 Å². The molecule has 0 unspecified atom stereocenters. The van der Waals surface area contributed by atoms with Gasteiger partial charge in [-0.1, -0.05) is 17.7 Å². The summed E-state index contributed by atoms with van der Waals surface area (Å²) in [6, 6.07) is 6.50. The predicted octanol–water partition coefficient (Wildman–Crippen LogP) is 3.03. The van der Waals surface area contributed by atoms with E-state index in [1.807, 2.05) is 6.92 Å². The third-order valence-corrected chi connectivity index (χ3v) is 3.38. The first-order valence-electron chi connectivity index (χ1n) is 5.87. The molecule has 3 N–H and O–H groups in total. The van der Waals surface area contributed by atoms with Crippen LogP contribution in [-0.4, -0.2) is 21.0 Å². The molecule has 2 aromatic heterocycles. The lowest BCUT2D eigenvalue weighted by Gasteiger charge is -2.09. The Morgan fingerprint density at radius 3 is 2.75 bits per heavy atom. The van der Waals surface area contributed by atoms with Crippen LogP contribution in [0.3, 0.4) is 0 Å². The summed E-state index contributed by atoms with van der Waals surface area (Å²) in [6.45, 7) is 1.90. The van der Waals surface area contributed by atoms with E-state index >= 15 is 0 Å². The van der Waals surface area contributed by atoms with E-state index in [0.29, 0.717) is 16.2 Å².